The number of thioether (sulfide) groups is 1. The van der Waals surface area contributed by atoms with Crippen molar-refractivity contribution in [1.29, 1.82) is 0 Å². The van der Waals surface area contributed by atoms with E-state index < -0.39 is 0 Å². The van der Waals surface area contributed by atoms with Gasteiger partial charge in [-0.05, 0) is 49.2 Å². The highest BCUT2D eigenvalue weighted by molar-refractivity contribution is 7.99. The Bertz CT molecular complexity index is 1000. The van der Waals surface area contributed by atoms with Crippen LogP contribution in [0.4, 0.5) is 0 Å². The second kappa shape index (κ2) is 8.88. The van der Waals surface area contributed by atoms with Crippen molar-refractivity contribution in [3.05, 3.63) is 64.9 Å². The zero-order valence-corrected chi connectivity index (χ0v) is 17.4. The average molecular weight is 430 g/mol. The summed E-state index contributed by atoms with van der Waals surface area (Å²) in [4.78, 5) is 12.5. The Morgan fingerprint density at radius 1 is 1.17 bits per heavy atom. The molecular formula is C21H20ClN3O3S. The van der Waals surface area contributed by atoms with Crippen LogP contribution < -0.4 is 9.47 Å². The molecule has 2 aromatic carbocycles. The van der Waals surface area contributed by atoms with Crippen molar-refractivity contribution in [3.63, 3.8) is 0 Å². The fraction of sp³-hybridized carbons (Fsp3) is 0.286. The molecule has 1 aromatic heterocycles. The Kier molecular flexibility index (Phi) is 6.06. The summed E-state index contributed by atoms with van der Waals surface area (Å²) in [5.74, 6) is 2.42. The second-order valence-corrected chi connectivity index (χ2v) is 8.01. The second-order valence-electron chi connectivity index (χ2n) is 6.66. The topological polar surface area (TPSA) is 66.2 Å². The van der Waals surface area contributed by atoms with Gasteiger partial charge in [-0.3, -0.25) is 9.36 Å². The van der Waals surface area contributed by atoms with E-state index in [1.807, 2.05) is 18.2 Å². The molecule has 6 nitrogen and oxygen atoms in total. The van der Waals surface area contributed by atoms with Crippen LogP contribution in [0.3, 0.4) is 0 Å². The predicted octanol–water partition coefficient (Wildman–Crippen LogP) is 4.83. The van der Waals surface area contributed by atoms with Crippen molar-refractivity contribution >= 4 is 29.1 Å². The number of halogens is 1. The number of hydrogen-bond donors (Lipinski definition) is 0. The van der Waals surface area contributed by atoms with Gasteiger partial charge >= 0.3 is 0 Å². The number of methoxy groups -OCH3 is 1. The van der Waals surface area contributed by atoms with E-state index in [1.165, 1.54) is 11.8 Å². The largest absolute Gasteiger partial charge is 0.497 e. The molecule has 1 saturated carbocycles. The van der Waals surface area contributed by atoms with E-state index in [4.69, 9.17) is 21.1 Å². The lowest BCUT2D eigenvalue weighted by molar-refractivity contribution is 0.102. The van der Waals surface area contributed by atoms with Crippen LogP contribution in [0.15, 0.2) is 53.7 Å². The summed E-state index contributed by atoms with van der Waals surface area (Å²) in [6.07, 6.45) is 2.16. The number of hydrogen-bond acceptors (Lipinski definition) is 6. The standard InChI is InChI=1S/C21H20ClN3O3S/c1-27-16-10-6-14(7-11-16)18(26)13-29-21-24-23-20(25(21)15-8-9-15)12-28-19-5-3-2-4-17(19)22/h2-7,10-11,15H,8-9,12-13H2,1H3. The quantitative estimate of drug-likeness (QED) is 0.358. The van der Waals surface area contributed by atoms with Gasteiger partial charge in [0.15, 0.2) is 16.8 Å². The molecule has 1 fully saturated rings. The third-order valence-corrected chi connectivity index (χ3v) is 5.84. The fourth-order valence-corrected chi connectivity index (χ4v) is 4.01. The summed E-state index contributed by atoms with van der Waals surface area (Å²) in [7, 11) is 1.60. The summed E-state index contributed by atoms with van der Waals surface area (Å²) >= 11 is 7.56. The number of carbonyl (C=O) groups excluding carboxylic acids is 1. The molecule has 1 aliphatic carbocycles. The third-order valence-electron chi connectivity index (χ3n) is 4.58. The smallest absolute Gasteiger partial charge is 0.192 e. The van der Waals surface area contributed by atoms with Gasteiger partial charge in [0.1, 0.15) is 18.1 Å². The van der Waals surface area contributed by atoms with E-state index >= 15 is 0 Å². The third kappa shape index (κ3) is 4.74. The number of nitrogens with zero attached hydrogens (tertiary/aromatic N) is 3. The van der Waals surface area contributed by atoms with Crippen LogP contribution in [0.2, 0.25) is 5.02 Å². The van der Waals surface area contributed by atoms with Crippen LogP contribution in [-0.2, 0) is 6.61 Å². The van der Waals surface area contributed by atoms with Crippen molar-refractivity contribution in [1.82, 2.24) is 14.8 Å². The summed E-state index contributed by atoms with van der Waals surface area (Å²) in [6, 6.07) is 14.8. The summed E-state index contributed by atoms with van der Waals surface area (Å²) < 4.78 is 13.0. The van der Waals surface area contributed by atoms with Crippen molar-refractivity contribution < 1.29 is 14.3 Å². The minimum atomic E-state index is 0.0388. The minimum Gasteiger partial charge on any atom is -0.497 e. The van der Waals surface area contributed by atoms with E-state index in [0.717, 1.165) is 29.6 Å². The first-order valence-electron chi connectivity index (χ1n) is 9.27. The molecule has 29 heavy (non-hydrogen) atoms. The first-order chi connectivity index (χ1) is 14.2. The fourth-order valence-electron chi connectivity index (χ4n) is 2.90. The van der Waals surface area contributed by atoms with E-state index in [2.05, 4.69) is 14.8 Å². The van der Waals surface area contributed by atoms with Crippen LogP contribution in [0.1, 0.15) is 35.1 Å². The molecule has 0 N–H and O–H groups in total. The van der Waals surface area contributed by atoms with Gasteiger partial charge < -0.3 is 9.47 Å². The molecule has 0 amide bonds. The van der Waals surface area contributed by atoms with Gasteiger partial charge in [-0.1, -0.05) is 35.5 Å². The molecule has 0 atom stereocenters. The molecule has 0 aliphatic heterocycles. The molecule has 0 radical (unpaired) electrons. The van der Waals surface area contributed by atoms with Gasteiger partial charge in [0, 0.05) is 11.6 Å². The Morgan fingerprint density at radius 3 is 2.62 bits per heavy atom. The van der Waals surface area contributed by atoms with Crippen molar-refractivity contribution in [3.8, 4) is 11.5 Å². The van der Waals surface area contributed by atoms with Crippen molar-refractivity contribution in [2.75, 3.05) is 12.9 Å². The molecule has 1 heterocycles. The molecule has 1 aliphatic rings. The molecule has 0 unspecified atom stereocenters. The van der Waals surface area contributed by atoms with Crippen LogP contribution >= 0.6 is 23.4 Å². The van der Waals surface area contributed by atoms with Gasteiger partial charge in [-0.15, -0.1) is 10.2 Å². The number of rotatable bonds is 9. The number of ketones is 1. The maximum absolute atomic E-state index is 12.5. The van der Waals surface area contributed by atoms with Gasteiger partial charge in [0.05, 0.1) is 17.9 Å². The molecule has 0 saturated heterocycles. The predicted molar refractivity (Wildman–Crippen MR) is 112 cm³/mol. The normalized spacial score (nSPS) is 13.3. The number of ether oxygens (including phenoxy) is 2. The number of aromatic nitrogens is 3. The molecular weight excluding hydrogens is 410 g/mol. The lowest BCUT2D eigenvalue weighted by Crippen LogP contribution is -2.08. The molecule has 0 spiro atoms. The minimum absolute atomic E-state index is 0.0388. The zero-order chi connectivity index (χ0) is 20.2. The highest BCUT2D eigenvalue weighted by Crippen LogP contribution is 2.39. The van der Waals surface area contributed by atoms with Gasteiger partial charge in [-0.2, -0.15) is 0 Å². The van der Waals surface area contributed by atoms with E-state index in [0.29, 0.717) is 28.1 Å². The highest BCUT2D eigenvalue weighted by Gasteiger charge is 2.30. The number of Topliss-reactive ketones (excluding diaryl/α,β-unsaturated/α-hetero) is 1. The van der Waals surface area contributed by atoms with Crippen LogP contribution in [0, 0.1) is 0 Å². The SMILES string of the molecule is COc1ccc(C(=O)CSc2nnc(COc3ccccc3Cl)n2C2CC2)cc1. The molecule has 3 aromatic rings. The van der Waals surface area contributed by atoms with Crippen LogP contribution in [-0.4, -0.2) is 33.4 Å². The van der Waals surface area contributed by atoms with Crippen LogP contribution in [0.25, 0.3) is 0 Å². The Morgan fingerprint density at radius 2 is 1.93 bits per heavy atom. The Labute approximate surface area is 178 Å². The molecule has 4 rings (SSSR count). The summed E-state index contributed by atoms with van der Waals surface area (Å²) in [5.41, 5.74) is 0.651. The molecule has 150 valence electrons. The molecule has 0 bridgehead atoms. The summed E-state index contributed by atoms with van der Waals surface area (Å²) in [5, 5.41) is 9.89. The van der Waals surface area contributed by atoms with E-state index in [9.17, 15) is 4.79 Å². The van der Waals surface area contributed by atoms with Crippen LogP contribution in [0.5, 0.6) is 11.5 Å². The number of benzene rings is 2. The first kappa shape index (κ1) is 19.8. The first-order valence-corrected chi connectivity index (χ1v) is 10.6. The maximum atomic E-state index is 12.5. The maximum Gasteiger partial charge on any atom is 0.192 e. The lowest BCUT2D eigenvalue weighted by atomic mass is 10.1. The van der Waals surface area contributed by atoms with Gasteiger partial charge in [-0.25, -0.2) is 0 Å². The Hall–Kier alpha value is -2.51. The van der Waals surface area contributed by atoms with Crippen molar-refractivity contribution in [2.45, 2.75) is 30.6 Å². The summed E-state index contributed by atoms with van der Waals surface area (Å²) in [6.45, 7) is 0.278. The zero-order valence-electron chi connectivity index (χ0n) is 15.9. The molecule has 8 heteroatoms. The monoisotopic (exact) mass is 429 g/mol. The van der Waals surface area contributed by atoms with Crippen molar-refractivity contribution in [2.24, 2.45) is 0 Å². The average Bonchev–Trinajstić information content (AvgIpc) is 3.51. The van der Waals surface area contributed by atoms with E-state index in [-0.39, 0.29) is 12.4 Å². The number of carbonyl (C=O) groups is 1. The van der Waals surface area contributed by atoms with Gasteiger partial charge in [0.2, 0.25) is 0 Å². The Balaban J connectivity index is 1.42. The lowest BCUT2D eigenvalue weighted by Gasteiger charge is -2.10. The van der Waals surface area contributed by atoms with Gasteiger partial charge in [0.25, 0.3) is 0 Å². The van der Waals surface area contributed by atoms with E-state index in [1.54, 1.807) is 37.4 Å². The number of para-hydroxylation sites is 1. The highest BCUT2D eigenvalue weighted by atomic mass is 35.5.